The predicted molar refractivity (Wildman–Crippen MR) is 114 cm³/mol. The molecule has 0 radical (unpaired) electrons. The zero-order chi connectivity index (χ0) is 20.5. The average molecular weight is 396 g/mol. The van der Waals surface area contributed by atoms with E-state index in [1.807, 2.05) is 49.5 Å². The van der Waals surface area contributed by atoms with E-state index in [2.05, 4.69) is 25.4 Å². The zero-order valence-corrected chi connectivity index (χ0v) is 16.9. The summed E-state index contributed by atoms with van der Waals surface area (Å²) in [6.07, 6.45) is 2.29. The molecule has 2 amide bonds. The van der Waals surface area contributed by atoms with Crippen molar-refractivity contribution in [3.05, 3.63) is 59.8 Å². The minimum absolute atomic E-state index is 0.0283. The number of amides is 2. The minimum Gasteiger partial charge on any atom is -0.354 e. The Balaban J connectivity index is 1.38. The summed E-state index contributed by atoms with van der Waals surface area (Å²) in [4.78, 5) is 33.1. The highest BCUT2D eigenvalue weighted by atomic mass is 16.2. The molecule has 7 heteroatoms. The molecule has 0 aliphatic carbocycles. The van der Waals surface area contributed by atoms with Gasteiger partial charge in [-0.05, 0) is 36.8 Å². The van der Waals surface area contributed by atoms with Crippen LogP contribution in [0.1, 0.15) is 29.3 Å². The molecule has 2 aromatic rings. The third-order valence-corrected chi connectivity index (χ3v) is 5.02. The summed E-state index contributed by atoms with van der Waals surface area (Å²) < 4.78 is 0. The van der Waals surface area contributed by atoms with Crippen molar-refractivity contribution in [1.82, 2.24) is 20.5 Å². The number of benzene rings is 1. The van der Waals surface area contributed by atoms with Gasteiger partial charge in [-0.3, -0.25) is 14.5 Å². The number of rotatable bonds is 8. The predicted octanol–water partition coefficient (Wildman–Crippen LogP) is 1.66. The number of carbonyl (C=O) groups excluding carboxylic acids is 2. The van der Waals surface area contributed by atoms with Gasteiger partial charge in [0.15, 0.2) is 0 Å². The molecule has 0 atom stereocenters. The summed E-state index contributed by atoms with van der Waals surface area (Å²) in [5.74, 6) is 0.950. The van der Waals surface area contributed by atoms with Gasteiger partial charge in [0.05, 0.1) is 0 Å². The molecule has 29 heavy (non-hydrogen) atoms. The second-order valence-corrected chi connectivity index (χ2v) is 7.10. The molecule has 0 saturated carbocycles. The summed E-state index contributed by atoms with van der Waals surface area (Å²) in [7, 11) is 0. The van der Waals surface area contributed by atoms with Gasteiger partial charge < -0.3 is 15.5 Å². The number of pyridine rings is 1. The van der Waals surface area contributed by atoms with Crippen molar-refractivity contribution >= 4 is 17.6 Å². The van der Waals surface area contributed by atoms with Gasteiger partial charge in [-0.15, -0.1) is 0 Å². The minimum atomic E-state index is -0.0921. The molecule has 7 nitrogen and oxygen atoms in total. The Labute approximate surface area is 172 Å². The summed E-state index contributed by atoms with van der Waals surface area (Å²) in [6.45, 7) is 7.37. The number of piperazine rings is 1. The van der Waals surface area contributed by atoms with E-state index < -0.39 is 0 Å². The van der Waals surface area contributed by atoms with Crippen molar-refractivity contribution in [1.29, 1.82) is 0 Å². The number of hydrogen-bond donors (Lipinski definition) is 2. The van der Waals surface area contributed by atoms with E-state index in [1.54, 1.807) is 6.07 Å². The molecule has 1 aromatic heterocycles. The van der Waals surface area contributed by atoms with Crippen LogP contribution in [0.15, 0.2) is 48.7 Å². The number of anilines is 1. The van der Waals surface area contributed by atoms with Gasteiger partial charge in [0.2, 0.25) is 5.91 Å². The summed E-state index contributed by atoms with van der Waals surface area (Å²) in [5, 5.41) is 5.74. The summed E-state index contributed by atoms with van der Waals surface area (Å²) in [6, 6.07) is 13.3. The van der Waals surface area contributed by atoms with Crippen LogP contribution in [0.25, 0.3) is 0 Å². The highest BCUT2D eigenvalue weighted by Crippen LogP contribution is 2.12. The van der Waals surface area contributed by atoms with Gasteiger partial charge >= 0.3 is 0 Å². The Kier molecular flexibility index (Phi) is 7.58. The van der Waals surface area contributed by atoms with Gasteiger partial charge in [-0.25, -0.2) is 4.98 Å². The van der Waals surface area contributed by atoms with E-state index >= 15 is 0 Å². The smallest absolute Gasteiger partial charge is 0.251 e. The van der Waals surface area contributed by atoms with Gasteiger partial charge in [-0.2, -0.15) is 0 Å². The third kappa shape index (κ3) is 6.29. The highest BCUT2D eigenvalue weighted by molar-refractivity contribution is 5.94. The van der Waals surface area contributed by atoms with Crippen molar-refractivity contribution in [2.45, 2.75) is 19.9 Å². The van der Waals surface area contributed by atoms with E-state index in [0.29, 0.717) is 25.1 Å². The molecule has 1 aliphatic rings. The maximum Gasteiger partial charge on any atom is 0.251 e. The molecular weight excluding hydrogens is 366 g/mol. The molecule has 2 N–H and O–H groups in total. The lowest BCUT2D eigenvalue weighted by Gasteiger charge is -2.35. The highest BCUT2D eigenvalue weighted by Gasteiger charge is 2.18. The maximum atomic E-state index is 12.2. The molecule has 1 aliphatic heterocycles. The van der Waals surface area contributed by atoms with Gasteiger partial charge in [0.25, 0.3) is 5.91 Å². The van der Waals surface area contributed by atoms with Crippen molar-refractivity contribution in [2.75, 3.05) is 44.2 Å². The fourth-order valence-corrected chi connectivity index (χ4v) is 3.38. The van der Waals surface area contributed by atoms with E-state index in [0.717, 1.165) is 44.1 Å². The lowest BCUT2D eigenvalue weighted by molar-refractivity contribution is -0.121. The number of nitrogens with zero attached hydrogens (tertiary/aromatic N) is 3. The van der Waals surface area contributed by atoms with Crippen molar-refractivity contribution in [3.8, 4) is 0 Å². The van der Waals surface area contributed by atoms with Crippen LogP contribution >= 0.6 is 0 Å². The first-order valence-corrected chi connectivity index (χ1v) is 10.2. The Bertz CT molecular complexity index is 804. The van der Waals surface area contributed by atoms with Gasteiger partial charge in [0.1, 0.15) is 5.82 Å². The molecular formula is C22H29N5O2. The molecule has 2 heterocycles. The van der Waals surface area contributed by atoms with E-state index in [1.165, 1.54) is 0 Å². The Morgan fingerprint density at radius 2 is 1.86 bits per heavy atom. The Morgan fingerprint density at radius 1 is 1.03 bits per heavy atom. The number of carbonyl (C=O) groups is 2. The normalized spacial score (nSPS) is 14.4. The molecule has 0 unspecified atom stereocenters. The van der Waals surface area contributed by atoms with Gasteiger partial charge in [0, 0.05) is 64.0 Å². The molecule has 0 bridgehead atoms. The van der Waals surface area contributed by atoms with Crippen LogP contribution in [0.2, 0.25) is 0 Å². The van der Waals surface area contributed by atoms with Crippen LogP contribution in [-0.2, 0) is 11.3 Å². The van der Waals surface area contributed by atoms with Crippen molar-refractivity contribution in [2.24, 2.45) is 0 Å². The maximum absolute atomic E-state index is 12.2. The second-order valence-electron chi connectivity index (χ2n) is 7.10. The van der Waals surface area contributed by atoms with E-state index in [4.69, 9.17) is 0 Å². The zero-order valence-electron chi connectivity index (χ0n) is 16.9. The first-order valence-electron chi connectivity index (χ1n) is 10.2. The first kappa shape index (κ1) is 20.8. The molecule has 0 spiro atoms. The largest absolute Gasteiger partial charge is 0.354 e. The molecule has 3 rings (SSSR count). The summed E-state index contributed by atoms with van der Waals surface area (Å²) >= 11 is 0. The quantitative estimate of drug-likeness (QED) is 0.711. The van der Waals surface area contributed by atoms with Crippen LogP contribution in [0.5, 0.6) is 0 Å². The third-order valence-electron chi connectivity index (χ3n) is 5.02. The summed E-state index contributed by atoms with van der Waals surface area (Å²) in [5.41, 5.74) is 1.54. The van der Waals surface area contributed by atoms with Crippen LogP contribution in [0, 0.1) is 0 Å². The molecule has 154 valence electrons. The lowest BCUT2D eigenvalue weighted by Crippen LogP contribution is -2.47. The molecule has 1 aromatic carbocycles. The topological polar surface area (TPSA) is 77.6 Å². The standard InChI is InChI=1S/C22H29N5O2/c1-2-23-22(29)19-7-5-6-18(16-19)17-25-21(28)9-11-26-12-14-27(15-13-26)20-8-3-4-10-24-20/h3-8,10,16H,2,9,11-15,17H2,1H3,(H,23,29)(H,25,28). The van der Waals surface area contributed by atoms with Crippen molar-refractivity contribution < 1.29 is 9.59 Å². The fraction of sp³-hybridized carbons (Fsp3) is 0.409. The van der Waals surface area contributed by atoms with Gasteiger partial charge in [-0.1, -0.05) is 18.2 Å². The molecule has 1 fully saturated rings. The van der Waals surface area contributed by atoms with E-state index in [-0.39, 0.29) is 11.8 Å². The average Bonchev–Trinajstić information content (AvgIpc) is 2.77. The first-order chi connectivity index (χ1) is 14.2. The Morgan fingerprint density at radius 3 is 2.59 bits per heavy atom. The lowest BCUT2D eigenvalue weighted by atomic mass is 10.1. The van der Waals surface area contributed by atoms with Crippen LogP contribution in [-0.4, -0.2) is 61.0 Å². The Hall–Kier alpha value is -2.93. The second kappa shape index (κ2) is 10.6. The monoisotopic (exact) mass is 395 g/mol. The van der Waals surface area contributed by atoms with Crippen LogP contribution < -0.4 is 15.5 Å². The van der Waals surface area contributed by atoms with Crippen LogP contribution in [0.4, 0.5) is 5.82 Å². The van der Waals surface area contributed by atoms with Crippen molar-refractivity contribution in [3.63, 3.8) is 0 Å². The SMILES string of the molecule is CCNC(=O)c1cccc(CNC(=O)CCN2CCN(c3ccccn3)CC2)c1. The number of nitrogens with one attached hydrogen (secondary N) is 2. The number of aromatic nitrogens is 1. The fourth-order valence-electron chi connectivity index (χ4n) is 3.38. The molecule has 1 saturated heterocycles. The van der Waals surface area contributed by atoms with E-state index in [9.17, 15) is 9.59 Å². The van der Waals surface area contributed by atoms with Crippen LogP contribution in [0.3, 0.4) is 0 Å². The number of hydrogen-bond acceptors (Lipinski definition) is 5.